The molecule has 2 rings (SSSR count). The maximum absolute atomic E-state index is 12.5. The van der Waals surface area contributed by atoms with Crippen LogP contribution in [0.3, 0.4) is 0 Å². The van der Waals surface area contributed by atoms with Gasteiger partial charge in [0.15, 0.2) is 0 Å². The zero-order valence-electron chi connectivity index (χ0n) is 13.5. The van der Waals surface area contributed by atoms with Gasteiger partial charge in [0.25, 0.3) is 0 Å². The predicted octanol–water partition coefficient (Wildman–Crippen LogP) is 2.98. The van der Waals surface area contributed by atoms with Gasteiger partial charge in [-0.3, -0.25) is 19.6 Å². The number of carbonyl (C=O) groups is 1. The van der Waals surface area contributed by atoms with Crippen LogP contribution in [0.2, 0.25) is 0 Å². The molecule has 1 atom stereocenters. The average molecular weight is 354 g/mol. The van der Waals surface area contributed by atoms with Gasteiger partial charge in [-0.1, -0.05) is 13.0 Å². The Hall–Kier alpha value is -3.04. The summed E-state index contributed by atoms with van der Waals surface area (Å²) in [6, 6.07) is 4.51. The van der Waals surface area contributed by atoms with Crippen LogP contribution in [0.25, 0.3) is 0 Å². The monoisotopic (exact) mass is 354 g/mol. The molecule has 0 aliphatic rings. The van der Waals surface area contributed by atoms with Gasteiger partial charge in [0.2, 0.25) is 5.91 Å². The molecule has 1 unspecified atom stereocenters. The number of halogens is 2. The third kappa shape index (κ3) is 4.96. The molecule has 0 aliphatic heterocycles. The molecule has 8 nitrogen and oxygen atoms in total. The number of alkyl halides is 2. The molecular formula is C15H16F2N4O4. The highest BCUT2D eigenvalue weighted by molar-refractivity contribution is 5.93. The van der Waals surface area contributed by atoms with Gasteiger partial charge in [-0.25, -0.2) is 0 Å². The van der Waals surface area contributed by atoms with Crippen LogP contribution >= 0.6 is 0 Å². The number of amides is 1. The minimum absolute atomic E-state index is 0.0938. The van der Waals surface area contributed by atoms with E-state index in [0.29, 0.717) is 5.56 Å². The van der Waals surface area contributed by atoms with Gasteiger partial charge in [0.1, 0.15) is 18.1 Å². The van der Waals surface area contributed by atoms with E-state index in [-0.39, 0.29) is 23.7 Å². The topological polar surface area (TPSA) is 99.3 Å². The van der Waals surface area contributed by atoms with Crippen molar-refractivity contribution in [1.82, 2.24) is 9.78 Å². The number of nitrogens with one attached hydrogen (secondary N) is 1. The van der Waals surface area contributed by atoms with Crippen LogP contribution in [0.1, 0.15) is 12.5 Å². The minimum atomic E-state index is -3.01. The first-order chi connectivity index (χ1) is 11.8. The number of aryl methyl sites for hydroxylation is 1. The van der Waals surface area contributed by atoms with Crippen LogP contribution < -0.4 is 10.1 Å². The molecule has 0 bridgehead atoms. The van der Waals surface area contributed by atoms with Crippen molar-refractivity contribution >= 4 is 17.3 Å². The van der Waals surface area contributed by atoms with E-state index in [1.165, 1.54) is 23.0 Å². The fourth-order valence-corrected chi connectivity index (χ4v) is 2.09. The second-order valence-electron chi connectivity index (χ2n) is 5.45. The van der Waals surface area contributed by atoms with E-state index in [0.717, 1.165) is 6.20 Å². The van der Waals surface area contributed by atoms with Gasteiger partial charge >= 0.3 is 12.3 Å². The molecule has 25 heavy (non-hydrogen) atoms. The van der Waals surface area contributed by atoms with E-state index < -0.39 is 23.4 Å². The SMILES string of the molecule is Cc1ccc(NC(=O)C(C)Cn2cc([N+](=O)[O-])cn2)c(OC(F)F)c1. The second-order valence-corrected chi connectivity index (χ2v) is 5.45. The molecule has 0 aliphatic carbocycles. The summed E-state index contributed by atoms with van der Waals surface area (Å²) in [4.78, 5) is 22.3. The third-order valence-electron chi connectivity index (χ3n) is 3.35. The van der Waals surface area contributed by atoms with E-state index in [4.69, 9.17) is 0 Å². The molecule has 1 aromatic carbocycles. The lowest BCUT2D eigenvalue weighted by molar-refractivity contribution is -0.385. The molecule has 0 fully saturated rings. The summed E-state index contributed by atoms with van der Waals surface area (Å²) < 4.78 is 30.6. The van der Waals surface area contributed by atoms with Crippen molar-refractivity contribution in [3.05, 3.63) is 46.3 Å². The summed E-state index contributed by atoms with van der Waals surface area (Å²) in [5.41, 5.74) is 0.638. The van der Waals surface area contributed by atoms with E-state index in [1.54, 1.807) is 19.9 Å². The van der Waals surface area contributed by atoms with Gasteiger partial charge in [-0.15, -0.1) is 0 Å². The lowest BCUT2D eigenvalue weighted by Gasteiger charge is -2.15. The van der Waals surface area contributed by atoms with Crippen molar-refractivity contribution in [3.63, 3.8) is 0 Å². The number of rotatable bonds is 7. The molecule has 1 amide bonds. The zero-order chi connectivity index (χ0) is 18.6. The van der Waals surface area contributed by atoms with Crippen LogP contribution in [0.5, 0.6) is 5.75 Å². The number of aromatic nitrogens is 2. The third-order valence-corrected chi connectivity index (χ3v) is 3.35. The molecule has 0 radical (unpaired) electrons. The number of nitrogens with zero attached hydrogens (tertiary/aromatic N) is 3. The zero-order valence-corrected chi connectivity index (χ0v) is 13.5. The van der Waals surface area contributed by atoms with Crippen molar-refractivity contribution in [2.75, 3.05) is 5.32 Å². The van der Waals surface area contributed by atoms with E-state index in [2.05, 4.69) is 15.2 Å². The molecule has 2 aromatic rings. The first kappa shape index (κ1) is 18.3. The summed E-state index contributed by atoms with van der Waals surface area (Å²) in [5, 5.41) is 17.0. The Balaban J connectivity index is 2.06. The number of hydrogen-bond acceptors (Lipinski definition) is 5. The molecular weight excluding hydrogens is 338 g/mol. The number of anilines is 1. The molecule has 134 valence electrons. The van der Waals surface area contributed by atoms with Gasteiger partial charge in [-0.2, -0.15) is 13.9 Å². The van der Waals surface area contributed by atoms with Crippen molar-refractivity contribution in [2.24, 2.45) is 5.92 Å². The maximum atomic E-state index is 12.5. The fraction of sp³-hybridized carbons (Fsp3) is 0.333. The van der Waals surface area contributed by atoms with Gasteiger partial charge in [0.05, 0.1) is 23.1 Å². The number of nitro groups is 1. The van der Waals surface area contributed by atoms with E-state index in [9.17, 15) is 23.7 Å². The van der Waals surface area contributed by atoms with Crippen molar-refractivity contribution in [2.45, 2.75) is 27.0 Å². The molecule has 0 saturated heterocycles. The molecule has 0 saturated carbocycles. The predicted molar refractivity (Wildman–Crippen MR) is 84.5 cm³/mol. The van der Waals surface area contributed by atoms with E-state index >= 15 is 0 Å². The molecule has 1 N–H and O–H groups in total. The largest absolute Gasteiger partial charge is 0.433 e. The highest BCUT2D eigenvalue weighted by Gasteiger charge is 2.19. The molecule has 10 heteroatoms. The molecule has 1 aromatic heterocycles. The Labute approximate surface area is 141 Å². The second kappa shape index (κ2) is 7.69. The highest BCUT2D eigenvalue weighted by Crippen LogP contribution is 2.28. The van der Waals surface area contributed by atoms with Gasteiger partial charge in [-0.05, 0) is 24.6 Å². The summed E-state index contributed by atoms with van der Waals surface area (Å²) in [6.45, 7) is 0.373. The summed E-state index contributed by atoms with van der Waals surface area (Å²) in [6.07, 6.45) is 2.29. The van der Waals surface area contributed by atoms with Crippen LogP contribution in [0.15, 0.2) is 30.6 Å². The maximum Gasteiger partial charge on any atom is 0.387 e. The summed E-state index contributed by atoms with van der Waals surface area (Å²) >= 11 is 0. The van der Waals surface area contributed by atoms with Crippen molar-refractivity contribution in [1.29, 1.82) is 0 Å². The van der Waals surface area contributed by atoms with Gasteiger partial charge < -0.3 is 10.1 Å². The van der Waals surface area contributed by atoms with Crippen LogP contribution in [-0.4, -0.2) is 27.2 Å². The Bertz CT molecular complexity index is 779. The van der Waals surface area contributed by atoms with Gasteiger partial charge in [0, 0.05) is 0 Å². The van der Waals surface area contributed by atoms with Crippen molar-refractivity contribution < 1.29 is 23.2 Å². The Morgan fingerprint density at radius 3 is 2.80 bits per heavy atom. The average Bonchev–Trinajstić information content (AvgIpc) is 2.98. The summed E-state index contributed by atoms with van der Waals surface area (Å²) in [7, 11) is 0. The fourth-order valence-electron chi connectivity index (χ4n) is 2.09. The first-order valence-corrected chi connectivity index (χ1v) is 7.29. The standard InChI is InChI=1S/C15H16F2N4O4/c1-9-3-4-12(13(5-9)25-15(16)17)19-14(22)10(2)7-20-8-11(6-18-20)21(23)24/h3-6,8,10,15H,7H2,1-2H3,(H,19,22). The smallest absolute Gasteiger partial charge is 0.387 e. The van der Waals surface area contributed by atoms with Crippen LogP contribution in [0.4, 0.5) is 20.2 Å². The van der Waals surface area contributed by atoms with Crippen LogP contribution in [0, 0.1) is 23.0 Å². The normalized spacial score (nSPS) is 12.0. The number of hydrogen-bond donors (Lipinski definition) is 1. The highest BCUT2D eigenvalue weighted by atomic mass is 19.3. The number of carbonyl (C=O) groups excluding carboxylic acids is 1. The number of benzene rings is 1. The van der Waals surface area contributed by atoms with Crippen LogP contribution in [-0.2, 0) is 11.3 Å². The quantitative estimate of drug-likeness (QED) is 0.609. The minimum Gasteiger partial charge on any atom is -0.433 e. The first-order valence-electron chi connectivity index (χ1n) is 7.29. The van der Waals surface area contributed by atoms with E-state index in [1.807, 2.05) is 0 Å². The summed E-state index contributed by atoms with van der Waals surface area (Å²) in [5.74, 6) is -1.20. The lowest BCUT2D eigenvalue weighted by atomic mass is 10.1. The molecule has 0 spiro atoms. The lowest BCUT2D eigenvalue weighted by Crippen LogP contribution is -2.25. The number of ether oxygens (including phenoxy) is 1. The Morgan fingerprint density at radius 2 is 2.20 bits per heavy atom. The Kier molecular flexibility index (Phi) is 5.63. The Morgan fingerprint density at radius 1 is 1.48 bits per heavy atom. The van der Waals surface area contributed by atoms with Crippen molar-refractivity contribution in [3.8, 4) is 5.75 Å². The molecule has 1 heterocycles.